The molecule has 10 heteroatoms. The summed E-state index contributed by atoms with van der Waals surface area (Å²) in [5.74, 6) is -0.275. The van der Waals surface area contributed by atoms with Gasteiger partial charge in [-0.2, -0.15) is 4.98 Å². The fraction of sp³-hybridized carbons (Fsp3) is 0.533. The summed E-state index contributed by atoms with van der Waals surface area (Å²) >= 11 is 6.45. The van der Waals surface area contributed by atoms with E-state index in [1.54, 1.807) is 0 Å². The van der Waals surface area contributed by atoms with E-state index in [0.717, 1.165) is 62.1 Å². The predicted octanol–water partition coefficient (Wildman–Crippen LogP) is 5.06. The molecule has 6 rings (SSSR count). The van der Waals surface area contributed by atoms with Crippen LogP contribution < -0.4 is 15.5 Å². The minimum absolute atomic E-state index is 0.0261. The Balaban J connectivity index is 1.25. The highest BCUT2D eigenvalue weighted by atomic mass is 35.5. The third-order valence-corrected chi connectivity index (χ3v) is 9.38. The van der Waals surface area contributed by atoms with Crippen molar-refractivity contribution in [2.75, 3.05) is 41.7 Å². The number of hydrogen-bond acceptors (Lipinski definition) is 7. The Morgan fingerprint density at radius 2 is 1.90 bits per heavy atom. The van der Waals surface area contributed by atoms with Gasteiger partial charge in [0.1, 0.15) is 5.02 Å². The average Bonchev–Trinajstić information content (AvgIpc) is 3.65. The van der Waals surface area contributed by atoms with Gasteiger partial charge in [0.2, 0.25) is 11.9 Å². The van der Waals surface area contributed by atoms with E-state index >= 15 is 0 Å². The number of amides is 1. The number of allylic oxidation sites excluding steroid dienone is 1. The maximum Gasteiger partial charge on any atom is 0.309 e. The van der Waals surface area contributed by atoms with E-state index < -0.39 is 11.9 Å². The van der Waals surface area contributed by atoms with E-state index in [2.05, 4.69) is 51.5 Å². The molecule has 1 saturated heterocycles. The zero-order valence-electron chi connectivity index (χ0n) is 23.1. The fourth-order valence-corrected chi connectivity index (χ4v) is 7.13. The number of benzene rings is 1. The van der Waals surface area contributed by atoms with Crippen molar-refractivity contribution in [2.45, 2.75) is 57.4 Å². The van der Waals surface area contributed by atoms with Crippen molar-refractivity contribution in [3.8, 4) is 0 Å². The lowest BCUT2D eigenvalue weighted by Crippen LogP contribution is -2.40. The first-order valence-electron chi connectivity index (χ1n) is 14.3. The monoisotopic (exact) mass is 564 g/mol. The van der Waals surface area contributed by atoms with Crippen molar-refractivity contribution in [2.24, 2.45) is 17.8 Å². The number of aliphatic carboxylic acids is 1. The van der Waals surface area contributed by atoms with Gasteiger partial charge in [-0.3, -0.25) is 14.5 Å². The van der Waals surface area contributed by atoms with Crippen LogP contribution in [-0.4, -0.2) is 64.1 Å². The molecule has 4 aliphatic rings. The van der Waals surface area contributed by atoms with Crippen LogP contribution in [0, 0.1) is 17.8 Å². The summed E-state index contributed by atoms with van der Waals surface area (Å²) in [6.45, 7) is 7.58. The number of carbonyl (C=O) groups excluding carboxylic acids is 1. The van der Waals surface area contributed by atoms with E-state index in [-0.39, 0.29) is 29.2 Å². The van der Waals surface area contributed by atoms with Crippen LogP contribution in [-0.2, 0) is 15.0 Å². The molecule has 0 radical (unpaired) electrons. The predicted molar refractivity (Wildman–Crippen MR) is 156 cm³/mol. The smallest absolute Gasteiger partial charge is 0.309 e. The molecule has 212 valence electrons. The fourth-order valence-electron chi connectivity index (χ4n) is 6.99. The van der Waals surface area contributed by atoms with E-state index in [9.17, 15) is 14.7 Å². The molecule has 2 aromatic rings. The van der Waals surface area contributed by atoms with Crippen LogP contribution in [0.2, 0.25) is 5.02 Å². The molecular weight excluding hydrogens is 528 g/mol. The minimum Gasteiger partial charge on any atom is -0.481 e. The number of fused-ring (bicyclic) bond motifs is 3. The topological polar surface area (TPSA) is 111 Å². The van der Waals surface area contributed by atoms with Gasteiger partial charge in [0.25, 0.3) is 0 Å². The Labute approximate surface area is 240 Å². The largest absolute Gasteiger partial charge is 0.481 e. The minimum atomic E-state index is -0.811. The quantitative estimate of drug-likeness (QED) is 0.400. The SMILES string of the molecule is CC1(C)CCCN(C(=O)CN2CCCC2)c2cc(Nc3ncc(Cl)c(N[C@H]4[C@@H](C(=O)O)[C@@H]5C=C[C@H]4C5)n3)ccc21. The van der Waals surface area contributed by atoms with Crippen molar-refractivity contribution < 1.29 is 14.7 Å². The summed E-state index contributed by atoms with van der Waals surface area (Å²) in [5, 5.41) is 16.8. The van der Waals surface area contributed by atoms with Gasteiger partial charge in [-0.05, 0) is 80.1 Å². The maximum absolute atomic E-state index is 13.5. The van der Waals surface area contributed by atoms with E-state index in [1.807, 2.05) is 23.1 Å². The number of anilines is 4. The first-order chi connectivity index (χ1) is 19.2. The highest BCUT2D eigenvalue weighted by Gasteiger charge is 2.48. The van der Waals surface area contributed by atoms with Crippen LogP contribution in [0.5, 0.6) is 0 Å². The lowest BCUT2D eigenvalue weighted by Gasteiger charge is -2.29. The second kappa shape index (κ2) is 10.7. The number of carboxylic acids is 1. The summed E-state index contributed by atoms with van der Waals surface area (Å²) in [6, 6.07) is 5.85. The number of halogens is 1. The Kier molecular flexibility index (Phi) is 7.21. The number of likely N-dealkylation sites (tertiary alicyclic amines) is 1. The van der Waals surface area contributed by atoms with E-state index in [1.165, 1.54) is 6.20 Å². The van der Waals surface area contributed by atoms with Crippen molar-refractivity contribution in [1.29, 1.82) is 0 Å². The molecule has 4 atom stereocenters. The molecule has 2 aliphatic carbocycles. The van der Waals surface area contributed by atoms with Crippen LogP contribution in [0.4, 0.5) is 23.1 Å². The summed E-state index contributed by atoms with van der Waals surface area (Å²) < 4.78 is 0. The molecule has 1 aromatic carbocycles. The molecule has 1 saturated carbocycles. The van der Waals surface area contributed by atoms with Gasteiger partial charge < -0.3 is 20.6 Å². The number of rotatable bonds is 7. The molecule has 3 N–H and O–H groups in total. The van der Waals surface area contributed by atoms with Gasteiger partial charge in [0.05, 0.1) is 18.7 Å². The molecule has 3 heterocycles. The van der Waals surface area contributed by atoms with Crippen LogP contribution in [0.25, 0.3) is 0 Å². The zero-order chi connectivity index (χ0) is 28.0. The number of carboxylic acid groups (broad SMARTS) is 1. The molecular formula is C30H37ClN6O3. The molecule has 0 unspecified atom stereocenters. The van der Waals surface area contributed by atoms with Crippen LogP contribution in [0.3, 0.4) is 0 Å². The number of carbonyl (C=O) groups is 2. The van der Waals surface area contributed by atoms with Gasteiger partial charge >= 0.3 is 5.97 Å². The van der Waals surface area contributed by atoms with Gasteiger partial charge in [0.15, 0.2) is 5.82 Å². The Bertz CT molecular complexity index is 1340. The maximum atomic E-state index is 13.5. The second-order valence-electron chi connectivity index (χ2n) is 12.2. The van der Waals surface area contributed by atoms with Crippen molar-refractivity contribution >= 4 is 46.6 Å². The van der Waals surface area contributed by atoms with Gasteiger partial charge in [-0.1, -0.05) is 43.7 Å². The Morgan fingerprint density at radius 3 is 2.67 bits per heavy atom. The van der Waals surface area contributed by atoms with Crippen LogP contribution in [0.1, 0.15) is 51.5 Å². The molecule has 1 aromatic heterocycles. The van der Waals surface area contributed by atoms with Crippen LogP contribution in [0.15, 0.2) is 36.5 Å². The third kappa shape index (κ3) is 5.17. The highest BCUT2D eigenvalue weighted by Crippen LogP contribution is 2.45. The highest BCUT2D eigenvalue weighted by molar-refractivity contribution is 6.32. The molecule has 2 bridgehead atoms. The van der Waals surface area contributed by atoms with Gasteiger partial charge in [-0.15, -0.1) is 0 Å². The lowest BCUT2D eigenvalue weighted by atomic mass is 9.80. The van der Waals surface area contributed by atoms with Gasteiger partial charge in [-0.25, -0.2) is 4.98 Å². The molecule has 2 aliphatic heterocycles. The summed E-state index contributed by atoms with van der Waals surface area (Å²) in [6.07, 6.45) is 10.7. The average molecular weight is 565 g/mol. The number of aromatic nitrogens is 2. The summed E-state index contributed by atoms with van der Waals surface area (Å²) in [7, 11) is 0. The first-order valence-corrected chi connectivity index (χ1v) is 14.7. The number of nitrogens with zero attached hydrogens (tertiary/aromatic N) is 4. The molecule has 1 amide bonds. The lowest BCUT2D eigenvalue weighted by molar-refractivity contribution is -0.142. The van der Waals surface area contributed by atoms with Crippen molar-refractivity contribution in [3.63, 3.8) is 0 Å². The molecule has 0 spiro atoms. The Morgan fingerprint density at radius 1 is 1.12 bits per heavy atom. The second-order valence-corrected chi connectivity index (χ2v) is 12.7. The van der Waals surface area contributed by atoms with E-state index in [4.69, 9.17) is 11.6 Å². The standard InChI is InChI=1S/C30H37ClN6O3/c1-30(2)10-5-13-37(24(38)17-36-11-3-4-12-36)23-15-20(8-9-21(23)30)33-29-32-16-22(31)27(35-29)34-26-19-7-6-18(14-19)25(26)28(39)40/h6-9,15-16,18-19,25-26H,3-5,10-14,17H2,1-2H3,(H,39,40)(H2,32,33,34,35)/t18-,19+,25+,26-/m1/s1. The van der Waals surface area contributed by atoms with Gasteiger partial charge in [0, 0.05) is 24.0 Å². The zero-order valence-corrected chi connectivity index (χ0v) is 23.8. The number of nitrogens with one attached hydrogen (secondary N) is 2. The van der Waals surface area contributed by atoms with E-state index in [0.29, 0.717) is 29.9 Å². The van der Waals surface area contributed by atoms with Crippen molar-refractivity contribution in [3.05, 3.63) is 47.1 Å². The molecule has 40 heavy (non-hydrogen) atoms. The number of hydrogen-bond donors (Lipinski definition) is 3. The summed E-state index contributed by atoms with van der Waals surface area (Å²) in [5.41, 5.74) is 2.81. The van der Waals surface area contributed by atoms with Crippen molar-refractivity contribution in [1.82, 2.24) is 14.9 Å². The molecule has 9 nitrogen and oxygen atoms in total. The first kappa shape index (κ1) is 27.0. The Hall–Kier alpha value is -3.17. The summed E-state index contributed by atoms with van der Waals surface area (Å²) in [4.78, 5) is 38.7. The molecule has 2 fully saturated rings. The third-order valence-electron chi connectivity index (χ3n) is 9.11. The normalized spacial score (nSPS) is 26.9. The van der Waals surface area contributed by atoms with Crippen LogP contribution >= 0.6 is 11.6 Å².